The normalized spacial score (nSPS) is 17.2. The first kappa shape index (κ1) is 17.5. The Morgan fingerprint density at radius 3 is 2.40 bits per heavy atom. The zero-order chi connectivity index (χ0) is 17.6. The van der Waals surface area contributed by atoms with Gasteiger partial charge in [0.25, 0.3) is 0 Å². The second kappa shape index (κ2) is 8.14. The first-order valence-electron chi connectivity index (χ1n) is 8.67. The Kier molecular flexibility index (Phi) is 5.68. The van der Waals surface area contributed by atoms with Gasteiger partial charge in [-0.3, -0.25) is 4.79 Å². The van der Waals surface area contributed by atoms with E-state index in [0.717, 1.165) is 31.5 Å². The molecular formula is C20H24N2O3. The van der Waals surface area contributed by atoms with E-state index in [4.69, 9.17) is 0 Å². The fourth-order valence-corrected chi connectivity index (χ4v) is 3.22. The third kappa shape index (κ3) is 4.59. The highest BCUT2D eigenvalue weighted by Gasteiger charge is 2.26. The summed E-state index contributed by atoms with van der Waals surface area (Å²) in [4.78, 5) is 14.6. The number of nitrogens with one attached hydrogen (secondary N) is 1. The molecule has 0 radical (unpaired) electrons. The van der Waals surface area contributed by atoms with Gasteiger partial charge in [-0.05, 0) is 43.6 Å². The number of rotatable bonds is 5. The van der Waals surface area contributed by atoms with Crippen LogP contribution in [0, 0.1) is 5.92 Å². The van der Waals surface area contributed by atoms with Gasteiger partial charge in [0.1, 0.15) is 5.75 Å². The van der Waals surface area contributed by atoms with Gasteiger partial charge >= 0.3 is 0 Å². The van der Waals surface area contributed by atoms with Crippen molar-refractivity contribution in [3.63, 3.8) is 0 Å². The molecule has 0 spiro atoms. The Hall–Kier alpha value is -2.37. The number of benzene rings is 2. The van der Waals surface area contributed by atoms with E-state index in [-0.39, 0.29) is 17.6 Å². The van der Waals surface area contributed by atoms with Crippen molar-refractivity contribution in [3.05, 3.63) is 60.2 Å². The Morgan fingerprint density at radius 2 is 1.72 bits per heavy atom. The molecule has 1 aliphatic heterocycles. The van der Waals surface area contributed by atoms with Crippen molar-refractivity contribution in [1.29, 1.82) is 0 Å². The van der Waals surface area contributed by atoms with Crippen molar-refractivity contribution in [1.82, 2.24) is 4.90 Å². The van der Waals surface area contributed by atoms with Crippen LogP contribution in [0.5, 0.6) is 5.75 Å². The summed E-state index contributed by atoms with van der Waals surface area (Å²) >= 11 is 0. The molecule has 1 atom stereocenters. The Balaban J connectivity index is 1.48. The number of piperidine rings is 1. The van der Waals surface area contributed by atoms with E-state index >= 15 is 0 Å². The van der Waals surface area contributed by atoms with Gasteiger partial charge in [0.15, 0.2) is 0 Å². The average molecular weight is 340 g/mol. The number of nitrogens with zero attached hydrogens (tertiary/aromatic N) is 1. The van der Waals surface area contributed by atoms with Gasteiger partial charge in [-0.15, -0.1) is 0 Å². The lowest BCUT2D eigenvalue weighted by Gasteiger charge is -2.32. The van der Waals surface area contributed by atoms with Crippen molar-refractivity contribution < 1.29 is 15.0 Å². The monoisotopic (exact) mass is 340 g/mol. The van der Waals surface area contributed by atoms with Crippen LogP contribution in [-0.2, 0) is 4.79 Å². The van der Waals surface area contributed by atoms with Crippen LogP contribution in [0.25, 0.3) is 0 Å². The minimum absolute atomic E-state index is 0.0512. The zero-order valence-corrected chi connectivity index (χ0v) is 14.1. The van der Waals surface area contributed by atoms with Crippen LogP contribution < -0.4 is 5.32 Å². The summed E-state index contributed by atoms with van der Waals surface area (Å²) in [6.07, 6.45) is 0.995. The number of hydrogen-bond acceptors (Lipinski definition) is 4. The predicted octanol–water partition coefficient (Wildman–Crippen LogP) is 2.78. The third-order valence-electron chi connectivity index (χ3n) is 4.74. The van der Waals surface area contributed by atoms with Gasteiger partial charge in [-0.1, -0.05) is 42.5 Å². The molecular weight excluding hydrogens is 316 g/mol. The molecule has 5 nitrogen and oxygen atoms in total. The topological polar surface area (TPSA) is 72.8 Å². The molecule has 1 unspecified atom stereocenters. The zero-order valence-electron chi connectivity index (χ0n) is 14.1. The van der Waals surface area contributed by atoms with E-state index in [2.05, 4.69) is 10.2 Å². The van der Waals surface area contributed by atoms with Crippen molar-refractivity contribution in [2.24, 2.45) is 5.92 Å². The third-order valence-corrected chi connectivity index (χ3v) is 4.74. The van der Waals surface area contributed by atoms with Gasteiger partial charge in [-0.25, -0.2) is 0 Å². The number of β-amino-alcohol motifs (C(OH)–C–C–N with tert-alkyl or cyclic N) is 1. The summed E-state index contributed by atoms with van der Waals surface area (Å²) in [5, 5.41) is 22.9. The number of para-hydroxylation sites is 2. The highest BCUT2D eigenvalue weighted by Crippen LogP contribution is 2.25. The number of phenols is 1. The fourth-order valence-electron chi connectivity index (χ4n) is 3.22. The number of carbonyl (C=O) groups excluding carboxylic acids is 1. The number of hydrogen-bond donors (Lipinski definition) is 3. The number of carbonyl (C=O) groups is 1. The number of aromatic hydroxyl groups is 1. The van der Waals surface area contributed by atoms with Crippen molar-refractivity contribution >= 4 is 11.6 Å². The number of likely N-dealkylation sites (tertiary alicyclic amines) is 1. The number of amides is 1. The van der Waals surface area contributed by atoms with Crippen molar-refractivity contribution in [3.8, 4) is 5.75 Å². The summed E-state index contributed by atoms with van der Waals surface area (Å²) in [7, 11) is 0. The SMILES string of the molecule is O=C(Nc1ccccc1O)C1CCN(CC(O)c2ccccc2)CC1. The van der Waals surface area contributed by atoms with Crippen LogP contribution >= 0.6 is 0 Å². The maximum absolute atomic E-state index is 12.4. The van der Waals surface area contributed by atoms with Gasteiger partial charge in [-0.2, -0.15) is 0 Å². The van der Waals surface area contributed by atoms with E-state index < -0.39 is 6.10 Å². The molecule has 1 amide bonds. The smallest absolute Gasteiger partial charge is 0.227 e. The summed E-state index contributed by atoms with van der Waals surface area (Å²) in [6, 6.07) is 16.4. The van der Waals surface area contributed by atoms with Gasteiger partial charge in [0.05, 0.1) is 11.8 Å². The molecule has 1 aliphatic rings. The van der Waals surface area contributed by atoms with E-state index in [1.165, 1.54) is 0 Å². The first-order chi connectivity index (χ1) is 12.1. The van der Waals surface area contributed by atoms with E-state index in [1.807, 2.05) is 30.3 Å². The highest BCUT2D eigenvalue weighted by molar-refractivity contribution is 5.93. The van der Waals surface area contributed by atoms with Crippen LogP contribution in [-0.4, -0.2) is 40.7 Å². The highest BCUT2D eigenvalue weighted by atomic mass is 16.3. The maximum Gasteiger partial charge on any atom is 0.227 e. The van der Waals surface area contributed by atoms with Crippen LogP contribution in [0.4, 0.5) is 5.69 Å². The Labute approximate surface area is 147 Å². The first-order valence-corrected chi connectivity index (χ1v) is 8.67. The Morgan fingerprint density at radius 1 is 1.08 bits per heavy atom. The lowest BCUT2D eigenvalue weighted by Crippen LogP contribution is -2.40. The summed E-state index contributed by atoms with van der Waals surface area (Å²) < 4.78 is 0. The lowest BCUT2D eigenvalue weighted by molar-refractivity contribution is -0.121. The molecule has 3 N–H and O–H groups in total. The number of phenolic OH excluding ortho intramolecular Hbond substituents is 1. The van der Waals surface area contributed by atoms with Crippen molar-refractivity contribution in [2.75, 3.05) is 25.0 Å². The molecule has 2 aromatic rings. The molecule has 2 aromatic carbocycles. The van der Waals surface area contributed by atoms with Gasteiger partial charge in [0, 0.05) is 12.5 Å². The van der Waals surface area contributed by atoms with Gasteiger partial charge < -0.3 is 20.4 Å². The van der Waals surface area contributed by atoms with Gasteiger partial charge in [0.2, 0.25) is 5.91 Å². The van der Waals surface area contributed by atoms with E-state index in [1.54, 1.807) is 24.3 Å². The number of aliphatic hydroxyl groups excluding tert-OH is 1. The summed E-state index contributed by atoms with van der Waals surface area (Å²) in [5.74, 6) is -0.0336. The second-order valence-electron chi connectivity index (χ2n) is 6.51. The minimum Gasteiger partial charge on any atom is -0.506 e. The van der Waals surface area contributed by atoms with Crippen LogP contribution in [0.3, 0.4) is 0 Å². The second-order valence-corrected chi connectivity index (χ2v) is 6.51. The lowest BCUT2D eigenvalue weighted by atomic mass is 9.95. The molecule has 3 rings (SSSR count). The predicted molar refractivity (Wildman–Crippen MR) is 97.3 cm³/mol. The molecule has 0 aromatic heterocycles. The Bertz CT molecular complexity index is 697. The summed E-state index contributed by atoms with van der Waals surface area (Å²) in [6.45, 7) is 2.14. The van der Waals surface area contributed by atoms with E-state index in [0.29, 0.717) is 12.2 Å². The fraction of sp³-hybridized carbons (Fsp3) is 0.350. The molecule has 0 aliphatic carbocycles. The van der Waals surface area contributed by atoms with Crippen LogP contribution in [0.1, 0.15) is 24.5 Å². The average Bonchev–Trinajstić information content (AvgIpc) is 2.65. The minimum atomic E-state index is -0.507. The molecule has 132 valence electrons. The van der Waals surface area contributed by atoms with Crippen LogP contribution in [0.15, 0.2) is 54.6 Å². The molecule has 1 heterocycles. The molecule has 0 saturated carbocycles. The van der Waals surface area contributed by atoms with Crippen LogP contribution in [0.2, 0.25) is 0 Å². The number of anilines is 1. The van der Waals surface area contributed by atoms with Crippen molar-refractivity contribution in [2.45, 2.75) is 18.9 Å². The molecule has 1 fully saturated rings. The molecule has 0 bridgehead atoms. The number of aliphatic hydroxyl groups is 1. The molecule has 5 heteroatoms. The standard InChI is InChI=1S/C20H24N2O3/c23-18-9-5-4-8-17(18)21-20(25)16-10-12-22(13-11-16)14-19(24)15-6-2-1-3-7-15/h1-9,16,19,23-24H,10-14H2,(H,21,25). The maximum atomic E-state index is 12.4. The quantitative estimate of drug-likeness (QED) is 0.732. The largest absolute Gasteiger partial charge is 0.506 e. The summed E-state index contributed by atoms with van der Waals surface area (Å²) in [5.41, 5.74) is 1.37. The molecule has 25 heavy (non-hydrogen) atoms. The molecule has 1 saturated heterocycles. The van der Waals surface area contributed by atoms with E-state index in [9.17, 15) is 15.0 Å².